The Labute approximate surface area is 94.0 Å². The average molecular weight is 219 g/mol. The van der Waals surface area contributed by atoms with E-state index in [4.69, 9.17) is 10.00 Å². The Kier molecular flexibility index (Phi) is 4.83. The fourth-order valence-electron chi connectivity index (χ4n) is 1.12. The zero-order valence-corrected chi connectivity index (χ0v) is 8.99. The first kappa shape index (κ1) is 12.0. The maximum atomic E-state index is 11.4. The van der Waals surface area contributed by atoms with Crippen LogP contribution in [0.4, 0.5) is 10.5 Å². The lowest BCUT2D eigenvalue weighted by molar-refractivity contribution is 0.198. The first-order chi connectivity index (χ1) is 7.77. The number of nitriles is 1. The summed E-state index contributed by atoms with van der Waals surface area (Å²) in [7, 11) is 1.56. The molecule has 0 atom stereocenters. The number of nitrogens with zero attached hydrogens (tertiary/aromatic N) is 1. The molecule has 0 fully saturated rings. The number of hydrogen-bond acceptors (Lipinski definition) is 3. The predicted molar refractivity (Wildman–Crippen MR) is 60.1 cm³/mol. The van der Waals surface area contributed by atoms with Crippen LogP contribution in [0.3, 0.4) is 0 Å². The highest BCUT2D eigenvalue weighted by atomic mass is 16.5. The minimum Gasteiger partial charge on any atom is -0.383 e. The van der Waals surface area contributed by atoms with E-state index in [0.29, 0.717) is 24.4 Å². The molecule has 0 saturated heterocycles. The zero-order valence-electron chi connectivity index (χ0n) is 8.99. The van der Waals surface area contributed by atoms with Crippen LogP contribution in [0.15, 0.2) is 24.3 Å². The van der Waals surface area contributed by atoms with E-state index >= 15 is 0 Å². The number of nitrogens with one attached hydrogen (secondary N) is 2. The molecule has 0 aliphatic rings. The van der Waals surface area contributed by atoms with E-state index in [1.807, 2.05) is 6.07 Å². The van der Waals surface area contributed by atoms with E-state index in [1.165, 1.54) is 0 Å². The second-order valence-corrected chi connectivity index (χ2v) is 3.03. The van der Waals surface area contributed by atoms with E-state index in [9.17, 15) is 4.79 Å². The predicted octanol–water partition coefficient (Wildman–Crippen LogP) is 1.33. The lowest BCUT2D eigenvalue weighted by Gasteiger charge is -2.07. The van der Waals surface area contributed by atoms with Gasteiger partial charge in [0.1, 0.15) is 6.07 Å². The highest BCUT2D eigenvalue weighted by Crippen LogP contribution is 2.12. The second kappa shape index (κ2) is 6.43. The number of amides is 2. The van der Waals surface area contributed by atoms with E-state index in [1.54, 1.807) is 31.4 Å². The monoisotopic (exact) mass is 219 g/mol. The Hall–Kier alpha value is -2.06. The quantitative estimate of drug-likeness (QED) is 0.750. The number of urea groups is 1. The Morgan fingerprint density at radius 1 is 1.50 bits per heavy atom. The second-order valence-electron chi connectivity index (χ2n) is 3.03. The van der Waals surface area contributed by atoms with Gasteiger partial charge in [-0.25, -0.2) is 4.79 Å². The van der Waals surface area contributed by atoms with Crippen LogP contribution in [0.2, 0.25) is 0 Å². The number of anilines is 1. The number of rotatable bonds is 4. The summed E-state index contributed by atoms with van der Waals surface area (Å²) >= 11 is 0. The third kappa shape index (κ3) is 3.59. The van der Waals surface area contributed by atoms with Gasteiger partial charge in [0.15, 0.2) is 0 Å². The number of hydrogen-bond donors (Lipinski definition) is 2. The molecule has 2 N–H and O–H groups in total. The number of benzene rings is 1. The van der Waals surface area contributed by atoms with E-state index in [0.717, 1.165) is 0 Å². The number of ether oxygens (including phenoxy) is 1. The average Bonchev–Trinajstić information content (AvgIpc) is 2.30. The molecule has 0 aromatic heterocycles. The molecule has 16 heavy (non-hydrogen) atoms. The molecule has 0 saturated carbocycles. The molecule has 0 radical (unpaired) electrons. The summed E-state index contributed by atoms with van der Waals surface area (Å²) in [5.41, 5.74) is 0.935. The van der Waals surface area contributed by atoms with Gasteiger partial charge >= 0.3 is 6.03 Å². The molecular formula is C11H13N3O2. The van der Waals surface area contributed by atoms with Gasteiger partial charge < -0.3 is 15.4 Å². The van der Waals surface area contributed by atoms with Crippen molar-refractivity contribution in [2.24, 2.45) is 0 Å². The van der Waals surface area contributed by atoms with Crippen molar-refractivity contribution in [3.05, 3.63) is 29.8 Å². The molecule has 2 amide bonds. The molecule has 1 aromatic carbocycles. The van der Waals surface area contributed by atoms with Gasteiger partial charge in [0.25, 0.3) is 0 Å². The summed E-state index contributed by atoms with van der Waals surface area (Å²) in [6, 6.07) is 8.47. The van der Waals surface area contributed by atoms with Gasteiger partial charge in [0.05, 0.1) is 17.9 Å². The van der Waals surface area contributed by atoms with Crippen molar-refractivity contribution in [3.63, 3.8) is 0 Å². The Morgan fingerprint density at radius 3 is 2.94 bits per heavy atom. The third-order valence-electron chi connectivity index (χ3n) is 1.89. The summed E-state index contributed by atoms with van der Waals surface area (Å²) in [5.74, 6) is 0. The lowest BCUT2D eigenvalue weighted by Crippen LogP contribution is -2.31. The largest absolute Gasteiger partial charge is 0.383 e. The smallest absolute Gasteiger partial charge is 0.319 e. The molecule has 0 heterocycles. The van der Waals surface area contributed by atoms with E-state index in [-0.39, 0.29) is 6.03 Å². The molecule has 0 unspecified atom stereocenters. The number of para-hydroxylation sites is 1. The van der Waals surface area contributed by atoms with Crippen molar-refractivity contribution in [3.8, 4) is 6.07 Å². The first-order valence-electron chi connectivity index (χ1n) is 4.81. The van der Waals surface area contributed by atoms with Gasteiger partial charge in [0.2, 0.25) is 0 Å². The van der Waals surface area contributed by atoms with Crippen LogP contribution in [-0.2, 0) is 4.74 Å². The summed E-state index contributed by atoms with van der Waals surface area (Å²) < 4.78 is 4.79. The van der Waals surface area contributed by atoms with Gasteiger partial charge in [-0.15, -0.1) is 0 Å². The molecule has 0 bridgehead atoms. The van der Waals surface area contributed by atoms with Crippen molar-refractivity contribution in [1.29, 1.82) is 5.26 Å². The molecular weight excluding hydrogens is 206 g/mol. The van der Waals surface area contributed by atoms with Crippen LogP contribution < -0.4 is 10.6 Å². The minimum absolute atomic E-state index is 0.347. The van der Waals surface area contributed by atoms with Crippen molar-refractivity contribution < 1.29 is 9.53 Å². The zero-order chi connectivity index (χ0) is 11.8. The highest BCUT2D eigenvalue weighted by molar-refractivity contribution is 5.90. The van der Waals surface area contributed by atoms with Crippen molar-refractivity contribution in [2.75, 3.05) is 25.6 Å². The van der Waals surface area contributed by atoms with Crippen molar-refractivity contribution in [2.45, 2.75) is 0 Å². The van der Waals surface area contributed by atoms with Crippen LogP contribution in [0.1, 0.15) is 5.56 Å². The molecule has 0 aliphatic carbocycles. The summed E-state index contributed by atoms with van der Waals surface area (Å²) in [6.45, 7) is 0.879. The summed E-state index contributed by atoms with van der Waals surface area (Å²) in [5, 5.41) is 14.0. The fraction of sp³-hybridized carbons (Fsp3) is 0.273. The van der Waals surface area contributed by atoms with Crippen LogP contribution in [-0.4, -0.2) is 26.3 Å². The minimum atomic E-state index is -0.347. The van der Waals surface area contributed by atoms with Crippen LogP contribution in [0.25, 0.3) is 0 Å². The SMILES string of the molecule is COCCNC(=O)Nc1ccccc1C#N. The van der Waals surface area contributed by atoms with Gasteiger partial charge in [-0.2, -0.15) is 5.26 Å². The molecule has 1 aromatic rings. The molecule has 84 valence electrons. The molecule has 0 spiro atoms. The Bertz CT molecular complexity index is 398. The maximum Gasteiger partial charge on any atom is 0.319 e. The number of carbonyl (C=O) groups is 1. The van der Waals surface area contributed by atoms with Gasteiger partial charge in [-0.05, 0) is 12.1 Å². The van der Waals surface area contributed by atoms with Crippen LogP contribution >= 0.6 is 0 Å². The van der Waals surface area contributed by atoms with Crippen LogP contribution in [0.5, 0.6) is 0 Å². The number of carbonyl (C=O) groups excluding carboxylic acids is 1. The topological polar surface area (TPSA) is 74.2 Å². The third-order valence-corrected chi connectivity index (χ3v) is 1.89. The Morgan fingerprint density at radius 2 is 2.25 bits per heavy atom. The van der Waals surface area contributed by atoms with Gasteiger partial charge in [0, 0.05) is 13.7 Å². The summed E-state index contributed by atoms with van der Waals surface area (Å²) in [6.07, 6.45) is 0. The molecule has 5 nitrogen and oxygen atoms in total. The van der Waals surface area contributed by atoms with E-state index < -0.39 is 0 Å². The standard InChI is InChI=1S/C11H13N3O2/c1-16-7-6-13-11(15)14-10-5-3-2-4-9(10)8-12/h2-5H,6-7H2,1H3,(H2,13,14,15). The fourth-order valence-corrected chi connectivity index (χ4v) is 1.12. The van der Waals surface area contributed by atoms with Gasteiger partial charge in [-0.3, -0.25) is 0 Å². The normalized spacial score (nSPS) is 9.25. The van der Waals surface area contributed by atoms with Crippen molar-refractivity contribution in [1.82, 2.24) is 5.32 Å². The van der Waals surface area contributed by atoms with Crippen LogP contribution in [0, 0.1) is 11.3 Å². The van der Waals surface area contributed by atoms with Gasteiger partial charge in [-0.1, -0.05) is 12.1 Å². The molecule has 0 aliphatic heterocycles. The van der Waals surface area contributed by atoms with E-state index in [2.05, 4.69) is 10.6 Å². The highest BCUT2D eigenvalue weighted by Gasteiger charge is 2.04. The molecule has 5 heteroatoms. The summed E-state index contributed by atoms with van der Waals surface area (Å²) in [4.78, 5) is 11.4. The first-order valence-corrected chi connectivity index (χ1v) is 4.81. The molecule has 1 rings (SSSR count). The Balaban J connectivity index is 2.53. The lowest BCUT2D eigenvalue weighted by atomic mass is 10.2. The maximum absolute atomic E-state index is 11.4. The van der Waals surface area contributed by atoms with Crippen molar-refractivity contribution >= 4 is 11.7 Å². The number of methoxy groups -OCH3 is 1.